The zero-order valence-corrected chi connectivity index (χ0v) is 14.8. The van der Waals surface area contributed by atoms with Gasteiger partial charge in [0.25, 0.3) is 5.91 Å². The van der Waals surface area contributed by atoms with Crippen molar-refractivity contribution >= 4 is 27.5 Å². The topological polar surface area (TPSA) is 45.7 Å². The van der Waals surface area contributed by atoms with E-state index in [2.05, 4.69) is 40.3 Å². The minimum absolute atomic E-state index is 0.185. The first-order valence-corrected chi connectivity index (χ1v) is 8.46. The summed E-state index contributed by atoms with van der Waals surface area (Å²) in [6.07, 6.45) is 0.902. The molecular weight excluding hydrogens is 359 g/mol. The van der Waals surface area contributed by atoms with Crippen LogP contribution in [0.3, 0.4) is 0 Å². The van der Waals surface area contributed by atoms with Crippen molar-refractivity contribution in [3.05, 3.63) is 64.4 Å². The van der Waals surface area contributed by atoms with Crippen LogP contribution in [0.5, 0.6) is 0 Å². The average Bonchev–Trinajstić information content (AvgIpc) is 2.55. The quantitative estimate of drug-likeness (QED) is 0.790. The summed E-state index contributed by atoms with van der Waals surface area (Å²) in [6.45, 7) is 3.92. The Bertz CT molecular complexity index is 660. The molecule has 0 radical (unpaired) electrons. The molecule has 2 rings (SSSR count). The minimum Gasteiger partial charge on any atom is -0.330 e. The number of quaternary nitrogens is 1. The van der Waals surface area contributed by atoms with Crippen LogP contribution in [0, 0.1) is 5.82 Å². The molecule has 0 bridgehead atoms. The van der Waals surface area contributed by atoms with Crippen LogP contribution in [0.4, 0.5) is 10.1 Å². The molecule has 0 heterocycles. The lowest BCUT2D eigenvalue weighted by Gasteiger charge is -2.19. The van der Waals surface area contributed by atoms with Gasteiger partial charge in [-0.2, -0.15) is 0 Å². The Morgan fingerprint density at radius 3 is 2.48 bits per heavy atom. The highest BCUT2D eigenvalue weighted by atomic mass is 79.9. The van der Waals surface area contributed by atoms with Crippen molar-refractivity contribution in [1.82, 2.24) is 0 Å². The average molecular weight is 380 g/mol. The molecule has 0 unspecified atom stereocenters. The summed E-state index contributed by atoms with van der Waals surface area (Å²) < 4.78 is 14.6. The largest absolute Gasteiger partial charge is 0.330 e. The van der Waals surface area contributed by atoms with E-state index in [-0.39, 0.29) is 23.7 Å². The summed E-state index contributed by atoms with van der Waals surface area (Å²) in [4.78, 5) is 12.3. The fourth-order valence-corrected chi connectivity index (χ4v) is 2.70. The Hall–Kier alpha value is -1.72. The Morgan fingerprint density at radius 1 is 1.22 bits per heavy atom. The monoisotopic (exact) mass is 379 g/mol. The van der Waals surface area contributed by atoms with Gasteiger partial charge in [-0.15, -0.1) is 0 Å². The van der Waals surface area contributed by atoms with Gasteiger partial charge in [-0.3, -0.25) is 4.79 Å². The maximum atomic E-state index is 13.6. The van der Waals surface area contributed by atoms with E-state index in [0.29, 0.717) is 0 Å². The first-order valence-electron chi connectivity index (χ1n) is 7.67. The molecule has 2 aromatic carbocycles. The fourth-order valence-electron chi connectivity index (χ4n) is 2.44. The van der Waals surface area contributed by atoms with Crippen molar-refractivity contribution in [2.24, 2.45) is 0 Å². The van der Waals surface area contributed by atoms with Gasteiger partial charge in [0, 0.05) is 16.5 Å². The summed E-state index contributed by atoms with van der Waals surface area (Å²) in [5.74, 6) is -0.626. The predicted molar refractivity (Wildman–Crippen MR) is 93.6 cm³/mol. The lowest BCUT2D eigenvalue weighted by molar-refractivity contribution is -0.713. The second kappa shape index (κ2) is 8.22. The number of anilines is 1. The molecule has 0 aliphatic carbocycles. The van der Waals surface area contributed by atoms with E-state index in [4.69, 9.17) is 0 Å². The molecule has 0 aliphatic rings. The maximum absolute atomic E-state index is 13.6. The third kappa shape index (κ3) is 4.88. The molecule has 0 spiro atoms. The predicted octanol–water partition coefficient (Wildman–Crippen LogP) is 3.63. The number of amides is 1. The van der Waals surface area contributed by atoms with Gasteiger partial charge in [0.2, 0.25) is 0 Å². The first-order chi connectivity index (χ1) is 11.0. The standard InChI is InChI=1S/C18H20BrFN2O/c1-3-16(13-8-10-14(19)11-9-13)21-12(2)18(23)22-17-7-5-4-6-15(17)20/h4-12,16,21H,3H2,1-2H3,(H,22,23)/p+1/t12-,16+/m1/s1. The van der Waals surface area contributed by atoms with Crippen LogP contribution in [0.25, 0.3) is 0 Å². The minimum atomic E-state index is -0.423. The Labute approximate surface area is 144 Å². The van der Waals surface area contributed by atoms with Crippen LogP contribution in [-0.2, 0) is 4.79 Å². The van der Waals surface area contributed by atoms with Crippen LogP contribution in [0.15, 0.2) is 53.0 Å². The van der Waals surface area contributed by atoms with Crippen LogP contribution in [0.2, 0.25) is 0 Å². The number of carbonyl (C=O) groups is 1. The molecule has 1 amide bonds. The molecule has 5 heteroatoms. The van der Waals surface area contributed by atoms with Gasteiger partial charge < -0.3 is 10.6 Å². The van der Waals surface area contributed by atoms with Gasteiger partial charge >= 0.3 is 0 Å². The molecule has 2 atom stereocenters. The third-order valence-electron chi connectivity index (χ3n) is 3.80. The lowest BCUT2D eigenvalue weighted by atomic mass is 10.0. The second-order valence-corrected chi connectivity index (χ2v) is 6.43. The summed E-state index contributed by atoms with van der Waals surface area (Å²) >= 11 is 3.42. The third-order valence-corrected chi connectivity index (χ3v) is 4.33. The highest BCUT2D eigenvalue weighted by Crippen LogP contribution is 2.17. The molecule has 3 nitrogen and oxygen atoms in total. The number of benzene rings is 2. The smallest absolute Gasteiger partial charge is 0.282 e. The van der Waals surface area contributed by atoms with Crippen molar-refractivity contribution < 1.29 is 14.5 Å². The summed E-state index contributed by atoms with van der Waals surface area (Å²) in [5, 5.41) is 4.66. The van der Waals surface area contributed by atoms with Crippen molar-refractivity contribution in [1.29, 1.82) is 0 Å². The molecule has 0 saturated carbocycles. The molecule has 0 aromatic heterocycles. The molecule has 122 valence electrons. The molecule has 0 fully saturated rings. The number of hydrogen-bond acceptors (Lipinski definition) is 1. The normalized spacial score (nSPS) is 13.4. The van der Waals surface area contributed by atoms with E-state index >= 15 is 0 Å². The number of nitrogens with one attached hydrogen (secondary N) is 1. The molecule has 3 N–H and O–H groups in total. The van der Waals surface area contributed by atoms with E-state index in [1.165, 1.54) is 11.6 Å². The van der Waals surface area contributed by atoms with Crippen LogP contribution >= 0.6 is 15.9 Å². The second-order valence-electron chi connectivity index (χ2n) is 5.52. The van der Waals surface area contributed by atoms with Gasteiger partial charge in [-0.05, 0) is 31.2 Å². The zero-order valence-electron chi connectivity index (χ0n) is 13.2. The van der Waals surface area contributed by atoms with Crippen molar-refractivity contribution in [3.8, 4) is 0 Å². The van der Waals surface area contributed by atoms with Gasteiger partial charge in [0.15, 0.2) is 6.04 Å². The number of rotatable bonds is 6. The molecule has 2 aromatic rings. The van der Waals surface area contributed by atoms with Crippen molar-refractivity contribution in [2.75, 3.05) is 5.32 Å². The summed E-state index contributed by atoms with van der Waals surface area (Å²) in [6, 6.07) is 14.2. The maximum Gasteiger partial charge on any atom is 0.282 e. The number of carbonyl (C=O) groups excluding carboxylic acids is 1. The number of nitrogens with two attached hydrogens (primary N) is 1. The van der Waals surface area contributed by atoms with Gasteiger partial charge in [0.1, 0.15) is 11.9 Å². The van der Waals surface area contributed by atoms with Crippen LogP contribution in [-0.4, -0.2) is 11.9 Å². The fraction of sp³-hybridized carbons (Fsp3) is 0.278. The number of hydrogen-bond donors (Lipinski definition) is 2. The van der Waals surface area contributed by atoms with Crippen LogP contribution in [0.1, 0.15) is 31.9 Å². The molecule has 23 heavy (non-hydrogen) atoms. The van der Waals surface area contributed by atoms with Gasteiger partial charge in [0.05, 0.1) is 5.69 Å². The van der Waals surface area contributed by atoms with Crippen molar-refractivity contribution in [2.45, 2.75) is 32.4 Å². The molecule has 0 saturated heterocycles. The Balaban J connectivity index is 2.01. The first kappa shape index (κ1) is 17.6. The van der Waals surface area contributed by atoms with E-state index < -0.39 is 5.82 Å². The van der Waals surface area contributed by atoms with Crippen molar-refractivity contribution in [3.63, 3.8) is 0 Å². The Kier molecular flexibility index (Phi) is 6.30. The van der Waals surface area contributed by atoms with Gasteiger partial charge in [-0.1, -0.05) is 47.1 Å². The van der Waals surface area contributed by atoms with E-state index in [1.807, 2.05) is 24.4 Å². The van der Waals surface area contributed by atoms with Gasteiger partial charge in [-0.25, -0.2) is 4.39 Å². The highest BCUT2D eigenvalue weighted by molar-refractivity contribution is 9.10. The SMILES string of the molecule is CC[C@H]([NH2+][C@H](C)C(=O)Nc1ccccc1F)c1ccc(Br)cc1. The molecular formula is C18H21BrFN2O+. The van der Waals surface area contributed by atoms with E-state index in [1.54, 1.807) is 18.2 Å². The zero-order chi connectivity index (χ0) is 16.8. The number of para-hydroxylation sites is 1. The van der Waals surface area contributed by atoms with Crippen LogP contribution < -0.4 is 10.6 Å². The van der Waals surface area contributed by atoms with E-state index in [0.717, 1.165) is 10.9 Å². The summed E-state index contributed by atoms with van der Waals surface area (Å²) in [7, 11) is 0. The molecule has 0 aliphatic heterocycles. The lowest BCUT2D eigenvalue weighted by Crippen LogP contribution is -2.92. The Morgan fingerprint density at radius 2 is 1.87 bits per heavy atom. The summed E-state index contributed by atoms with van der Waals surface area (Å²) in [5.41, 5.74) is 1.38. The number of halogens is 2. The highest BCUT2D eigenvalue weighted by Gasteiger charge is 2.22. The van der Waals surface area contributed by atoms with E-state index in [9.17, 15) is 9.18 Å².